The Labute approximate surface area is 146 Å². The third-order valence-electron chi connectivity index (χ3n) is 4.21. The minimum Gasteiger partial charge on any atom is -0.495 e. The Balaban J connectivity index is 1.83. The van der Waals surface area contributed by atoms with Crippen LogP contribution in [0.25, 0.3) is 0 Å². The van der Waals surface area contributed by atoms with Gasteiger partial charge in [-0.1, -0.05) is 0 Å². The van der Waals surface area contributed by atoms with E-state index in [1.807, 2.05) is 0 Å². The molecular weight excluding hydrogens is 346 g/mol. The minimum absolute atomic E-state index is 0.0573. The zero-order chi connectivity index (χ0) is 18.0. The summed E-state index contributed by atoms with van der Waals surface area (Å²) in [7, 11) is -2.40. The molecule has 8 nitrogen and oxygen atoms in total. The van der Waals surface area contributed by atoms with Crippen LogP contribution in [0.5, 0.6) is 5.75 Å². The summed E-state index contributed by atoms with van der Waals surface area (Å²) in [5.41, 5.74) is 0.162. The summed E-state index contributed by atoms with van der Waals surface area (Å²) >= 11 is 0. The van der Waals surface area contributed by atoms with Crippen molar-refractivity contribution < 1.29 is 22.7 Å². The first-order valence-corrected chi connectivity index (χ1v) is 9.68. The fourth-order valence-corrected chi connectivity index (χ4v) is 4.16. The average molecular weight is 367 g/mol. The highest BCUT2D eigenvalue weighted by Gasteiger charge is 2.31. The number of hydrogen-bond acceptors (Lipinski definition) is 5. The lowest BCUT2D eigenvalue weighted by molar-refractivity contribution is -0.124. The summed E-state index contributed by atoms with van der Waals surface area (Å²) in [6, 6.07) is 3.54. The number of ether oxygens (including phenoxy) is 1. The van der Waals surface area contributed by atoms with Crippen LogP contribution in [0.2, 0.25) is 0 Å². The molecule has 1 heterocycles. The maximum Gasteiger partial charge on any atom is 0.251 e. The minimum atomic E-state index is -3.77. The number of methoxy groups -OCH3 is 1. The highest BCUT2D eigenvalue weighted by molar-refractivity contribution is 7.89. The highest BCUT2D eigenvalue weighted by Crippen LogP contribution is 2.28. The first kappa shape index (κ1) is 17.7. The molecule has 0 radical (unpaired) electrons. The number of amides is 2. The van der Waals surface area contributed by atoms with Gasteiger partial charge in [0, 0.05) is 18.2 Å². The molecule has 3 rings (SSSR count). The Kier molecular flexibility index (Phi) is 4.96. The van der Waals surface area contributed by atoms with Crippen LogP contribution in [-0.4, -0.2) is 46.0 Å². The number of piperidine rings is 1. The van der Waals surface area contributed by atoms with E-state index in [0.717, 1.165) is 19.3 Å². The van der Waals surface area contributed by atoms with Crippen molar-refractivity contribution in [3.63, 3.8) is 0 Å². The summed E-state index contributed by atoms with van der Waals surface area (Å²) in [6.45, 7) is 0.600. The molecule has 1 aromatic rings. The van der Waals surface area contributed by atoms with Crippen molar-refractivity contribution in [2.75, 3.05) is 13.7 Å². The Bertz CT molecular complexity index is 789. The number of carbonyl (C=O) groups excluding carboxylic acids is 2. The molecule has 0 aromatic heterocycles. The van der Waals surface area contributed by atoms with E-state index in [9.17, 15) is 18.0 Å². The fourth-order valence-electron chi connectivity index (χ4n) is 2.66. The van der Waals surface area contributed by atoms with Gasteiger partial charge in [0.1, 0.15) is 16.7 Å². The Morgan fingerprint density at radius 1 is 1.28 bits per heavy atom. The van der Waals surface area contributed by atoms with Crippen LogP contribution >= 0.6 is 0 Å². The number of sulfonamides is 1. The molecule has 0 spiro atoms. The van der Waals surface area contributed by atoms with Crippen molar-refractivity contribution in [3.05, 3.63) is 23.8 Å². The molecule has 1 atom stereocenters. The van der Waals surface area contributed by atoms with Crippen molar-refractivity contribution in [2.24, 2.45) is 0 Å². The molecule has 1 aromatic carbocycles. The van der Waals surface area contributed by atoms with Crippen molar-refractivity contribution in [2.45, 2.75) is 42.7 Å². The second-order valence-corrected chi connectivity index (χ2v) is 7.90. The third-order valence-corrected chi connectivity index (χ3v) is 5.75. The van der Waals surface area contributed by atoms with Gasteiger partial charge in [0.2, 0.25) is 15.9 Å². The molecule has 2 amide bonds. The second kappa shape index (κ2) is 7.01. The van der Waals surface area contributed by atoms with E-state index in [4.69, 9.17) is 4.74 Å². The van der Waals surface area contributed by atoms with Gasteiger partial charge in [-0.2, -0.15) is 0 Å². The number of nitrogens with one attached hydrogen (secondary N) is 3. The second-order valence-electron chi connectivity index (χ2n) is 6.22. The van der Waals surface area contributed by atoms with Crippen LogP contribution in [0.3, 0.4) is 0 Å². The zero-order valence-corrected chi connectivity index (χ0v) is 14.7. The van der Waals surface area contributed by atoms with Crippen LogP contribution in [0, 0.1) is 0 Å². The fraction of sp³-hybridized carbons (Fsp3) is 0.500. The summed E-state index contributed by atoms with van der Waals surface area (Å²) in [6.07, 6.45) is 2.95. The summed E-state index contributed by atoms with van der Waals surface area (Å²) in [4.78, 5) is 24.1. The summed E-state index contributed by atoms with van der Waals surface area (Å²) in [5, 5.41) is 5.34. The zero-order valence-electron chi connectivity index (χ0n) is 13.9. The molecule has 1 aliphatic heterocycles. The number of benzene rings is 1. The Hall–Kier alpha value is -2.13. The highest BCUT2D eigenvalue weighted by atomic mass is 32.2. The predicted octanol–water partition coefficient (Wildman–Crippen LogP) is 0.144. The molecule has 9 heteroatoms. The van der Waals surface area contributed by atoms with Gasteiger partial charge < -0.3 is 15.4 Å². The molecule has 1 saturated heterocycles. The predicted molar refractivity (Wildman–Crippen MR) is 89.8 cm³/mol. The van der Waals surface area contributed by atoms with Gasteiger partial charge in [-0.05, 0) is 43.9 Å². The molecule has 2 aliphatic rings. The van der Waals surface area contributed by atoms with E-state index in [1.54, 1.807) is 0 Å². The van der Waals surface area contributed by atoms with E-state index >= 15 is 0 Å². The summed E-state index contributed by atoms with van der Waals surface area (Å²) in [5.74, 6) is -0.552. The molecular formula is C16H21N3O5S. The smallest absolute Gasteiger partial charge is 0.251 e. The normalized spacial score (nSPS) is 20.7. The van der Waals surface area contributed by atoms with Crippen LogP contribution in [0.1, 0.15) is 36.0 Å². The van der Waals surface area contributed by atoms with Gasteiger partial charge in [-0.15, -0.1) is 0 Å². The molecule has 3 N–H and O–H groups in total. The van der Waals surface area contributed by atoms with E-state index in [0.29, 0.717) is 13.0 Å². The maximum absolute atomic E-state index is 12.5. The monoisotopic (exact) mass is 367 g/mol. The SMILES string of the molecule is COc1ccc(C(=O)N[C@@H]2CCCNC2=O)cc1S(=O)(=O)NC1CC1. The third kappa shape index (κ3) is 4.10. The standard InChI is InChI=1S/C16H21N3O5S/c1-24-13-7-4-10(9-14(13)25(22,23)19-11-5-6-11)15(20)18-12-3-2-8-17-16(12)21/h4,7,9,11-12,19H,2-3,5-6,8H2,1H3,(H,17,21)(H,18,20)/t12-/m1/s1. The number of hydrogen-bond donors (Lipinski definition) is 3. The van der Waals surface area contributed by atoms with Gasteiger partial charge in [0.25, 0.3) is 5.91 Å². The first-order chi connectivity index (χ1) is 11.9. The molecule has 1 saturated carbocycles. The van der Waals surface area contributed by atoms with Crippen molar-refractivity contribution >= 4 is 21.8 Å². The van der Waals surface area contributed by atoms with Crippen LogP contribution in [-0.2, 0) is 14.8 Å². The van der Waals surface area contributed by atoms with Gasteiger partial charge in [-0.3, -0.25) is 9.59 Å². The Morgan fingerprint density at radius 3 is 2.68 bits per heavy atom. The molecule has 2 fully saturated rings. The summed E-state index contributed by atoms with van der Waals surface area (Å²) < 4.78 is 32.7. The van der Waals surface area contributed by atoms with Gasteiger partial charge >= 0.3 is 0 Å². The van der Waals surface area contributed by atoms with E-state index < -0.39 is 22.0 Å². The quantitative estimate of drug-likeness (QED) is 0.662. The molecule has 25 heavy (non-hydrogen) atoms. The van der Waals surface area contributed by atoms with E-state index in [1.165, 1.54) is 25.3 Å². The van der Waals surface area contributed by atoms with Crippen molar-refractivity contribution in [3.8, 4) is 5.75 Å². The van der Waals surface area contributed by atoms with Crippen molar-refractivity contribution in [1.82, 2.24) is 15.4 Å². The van der Waals surface area contributed by atoms with Crippen LogP contribution < -0.4 is 20.1 Å². The van der Waals surface area contributed by atoms with E-state index in [2.05, 4.69) is 15.4 Å². The maximum atomic E-state index is 12.5. The average Bonchev–Trinajstić information content (AvgIpc) is 3.39. The molecule has 1 aliphatic carbocycles. The lowest BCUT2D eigenvalue weighted by atomic mass is 10.1. The van der Waals surface area contributed by atoms with Gasteiger partial charge in [0.15, 0.2) is 0 Å². The Morgan fingerprint density at radius 2 is 2.04 bits per heavy atom. The number of rotatable bonds is 6. The topological polar surface area (TPSA) is 114 Å². The lowest BCUT2D eigenvalue weighted by Crippen LogP contribution is -2.50. The van der Waals surface area contributed by atoms with Crippen molar-refractivity contribution in [1.29, 1.82) is 0 Å². The van der Waals surface area contributed by atoms with Crippen LogP contribution in [0.4, 0.5) is 0 Å². The molecule has 0 unspecified atom stereocenters. The first-order valence-electron chi connectivity index (χ1n) is 8.19. The number of carbonyl (C=O) groups is 2. The molecule has 0 bridgehead atoms. The van der Waals surface area contributed by atoms with E-state index in [-0.39, 0.29) is 28.2 Å². The largest absolute Gasteiger partial charge is 0.495 e. The molecule has 136 valence electrons. The van der Waals surface area contributed by atoms with Crippen LogP contribution in [0.15, 0.2) is 23.1 Å². The lowest BCUT2D eigenvalue weighted by Gasteiger charge is -2.23. The van der Waals surface area contributed by atoms with Gasteiger partial charge in [-0.25, -0.2) is 13.1 Å². The van der Waals surface area contributed by atoms with Gasteiger partial charge in [0.05, 0.1) is 7.11 Å².